The molecule has 1 aliphatic carbocycles. The van der Waals surface area contributed by atoms with Gasteiger partial charge < -0.3 is 4.74 Å². The molecule has 0 amide bonds. The predicted octanol–water partition coefficient (Wildman–Crippen LogP) is 2.90. The molecule has 1 unspecified atom stereocenters. The average molecular weight is 217 g/mol. The van der Waals surface area contributed by atoms with E-state index in [1.807, 2.05) is 0 Å². The van der Waals surface area contributed by atoms with Crippen LogP contribution in [0.5, 0.6) is 0 Å². The van der Waals surface area contributed by atoms with Gasteiger partial charge in [0.2, 0.25) is 0 Å². The molecule has 1 rings (SSSR count). The molecule has 0 aromatic heterocycles. The van der Waals surface area contributed by atoms with Gasteiger partial charge in [-0.25, -0.2) is 0 Å². The SMILES string of the molecule is COC(=O)C(Cl)/C=C/C1CCCCC1. The normalized spacial score (nSPS) is 21.0. The Kier molecular flexibility index (Phi) is 5.02. The van der Waals surface area contributed by atoms with Crippen molar-refractivity contribution in [2.45, 2.75) is 37.5 Å². The number of rotatable bonds is 3. The lowest BCUT2D eigenvalue weighted by Crippen LogP contribution is -2.14. The predicted molar refractivity (Wildman–Crippen MR) is 57.4 cm³/mol. The molecule has 1 aliphatic rings. The zero-order valence-corrected chi connectivity index (χ0v) is 9.30. The van der Waals surface area contributed by atoms with Crippen LogP contribution in [0.3, 0.4) is 0 Å². The zero-order valence-electron chi connectivity index (χ0n) is 8.54. The summed E-state index contributed by atoms with van der Waals surface area (Å²) in [5, 5.41) is -0.623. The van der Waals surface area contributed by atoms with Crippen molar-refractivity contribution in [1.82, 2.24) is 0 Å². The number of hydrogen-bond acceptors (Lipinski definition) is 2. The lowest BCUT2D eigenvalue weighted by atomic mass is 9.89. The van der Waals surface area contributed by atoms with E-state index in [1.54, 1.807) is 6.08 Å². The van der Waals surface area contributed by atoms with Crippen LogP contribution in [0.2, 0.25) is 0 Å². The van der Waals surface area contributed by atoms with E-state index in [-0.39, 0.29) is 5.97 Å². The van der Waals surface area contributed by atoms with E-state index in [2.05, 4.69) is 10.8 Å². The molecule has 0 heterocycles. The second-order valence-corrected chi connectivity index (χ2v) is 4.18. The van der Waals surface area contributed by atoms with Crippen LogP contribution in [0.15, 0.2) is 12.2 Å². The van der Waals surface area contributed by atoms with Crippen molar-refractivity contribution in [1.29, 1.82) is 0 Å². The first kappa shape index (κ1) is 11.6. The van der Waals surface area contributed by atoms with E-state index in [0.29, 0.717) is 5.92 Å². The van der Waals surface area contributed by atoms with Gasteiger partial charge in [0.25, 0.3) is 0 Å². The highest BCUT2D eigenvalue weighted by Gasteiger charge is 2.14. The van der Waals surface area contributed by atoms with Crippen LogP contribution in [-0.4, -0.2) is 18.5 Å². The molecular weight excluding hydrogens is 200 g/mol. The van der Waals surface area contributed by atoms with Gasteiger partial charge in [-0.15, -0.1) is 11.6 Å². The van der Waals surface area contributed by atoms with E-state index in [1.165, 1.54) is 39.2 Å². The summed E-state index contributed by atoms with van der Waals surface area (Å²) < 4.78 is 4.53. The van der Waals surface area contributed by atoms with E-state index in [0.717, 1.165) is 0 Å². The summed E-state index contributed by atoms with van der Waals surface area (Å²) in [6, 6.07) is 0. The monoisotopic (exact) mass is 216 g/mol. The molecule has 0 bridgehead atoms. The highest BCUT2D eigenvalue weighted by atomic mass is 35.5. The Balaban J connectivity index is 2.33. The number of ether oxygens (including phenoxy) is 1. The molecule has 0 aliphatic heterocycles. The van der Waals surface area contributed by atoms with Crippen LogP contribution >= 0.6 is 11.6 Å². The van der Waals surface area contributed by atoms with Crippen molar-refractivity contribution in [3.63, 3.8) is 0 Å². The Hall–Kier alpha value is -0.500. The van der Waals surface area contributed by atoms with E-state index in [4.69, 9.17) is 11.6 Å². The summed E-state index contributed by atoms with van der Waals surface area (Å²) in [7, 11) is 1.35. The molecule has 0 spiro atoms. The number of esters is 1. The number of halogens is 1. The Labute approximate surface area is 90.3 Å². The second-order valence-electron chi connectivity index (χ2n) is 3.71. The number of hydrogen-bond donors (Lipinski definition) is 0. The Bertz CT molecular complexity index is 207. The van der Waals surface area contributed by atoms with Crippen LogP contribution in [0, 0.1) is 5.92 Å². The highest BCUT2D eigenvalue weighted by molar-refractivity contribution is 6.31. The lowest BCUT2D eigenvalue weighted by Gasteiger charge is -2.17. The van der Waals surface area contributed by atoms with E-state index >= 15 is 0 Å². The third kappa shape index (κ3) is 3.70. The summed E-state index contributed by atoms with van der Waals surface area (Å²) in [6.07, 6.45) is 10.2. The van der Waals surface area contributed by atoms with Gasteiger partial charge >= 0.3 is 5.97 Å². The summed E-state index contributed by atoms with van der Waals surface area (Å²) >= 11 is 5.79. The largest absolute Gasteiger partial charge is 0.468 e. The summed E-state index contributed by atoms with van der Waals surface area (Å²) in [4.78, 5) is 11.0. The van der Waals surface area contributed by atoms with Crippen LogP contribution < -0.4 is 0 Å². The second kappa shape index (κ2) is 6.07. The fraction of sp³-hybridized carbons (Fsp3) is 0.727. The van der Waals surface area contributed by atoms with Gasteiger partial charge in [0.15, 0.2) is 0 Å². The van der Waals surface area contributed by atoms with Gasteiger partial charge in [-0.2, -0.15) is 0 Å². The minimum absolute atomic E-state index is 0.376. The number of carbonyl (C=O) groups excluding carboxylic acids is 1. The third-order valence-electron chi connectivity index (χ3n) is 2.63. The maximum atomic E-state index is 11.0. The van der Waals surface area contributed by atoms with Gasteiger partial charge in [0.05, 0.1) is 7.11 Å². The molecule has 0 N–H and O–H groups in total. The highest BCUT2D eigenvalue weighted by Crippen LogP contribution is 2.24. The van der Waals surface area contributed by atoms with Crippen LogP contribution in [0.4, 0.5) is 0 Å². The Morgan fingerprint density at radius 1 is 1.43 bits per heavy atom. The number of alkyl halides is 1. The first-order chi connectivity index (χ1) is 6.74. The van der Waals surface area contributed by atoms with Crippen molar-refractivity contribution >= 4 is 17.6 Å². The Morgan fingerprint density at radius 3 is 2.64 bits per heavy atom. The number of methoxy groups -OCH3 is 1. The van der Waals surface area contributed by atoms with Gasteiger partial charge in [0, 0.05) is 0 Å². The zero-order chi connectivity index (χ0) is 10.4. The first-order valence-electron chi connectivity index (χ1n) is 5.14. The van der Waals surface area contributed by atoms with E-state index < -0.39 is 5.38 Å². The topological polar surface area (TPSA) is 26.3 Å². The van der Waals surface area contributed by atoms with Gasteiger partial charge in [-0.05, 0) is 18.8 Å². The van der Waals surface area contributed by atoms with Crippen molar-refractivity contribution in [2.24, 2.45) is 5.92 Å². The average Bonchev–Trinajstić information content (AvgIpc) is 2.26. The molecule has 3 heteroatoms. The maximum Gasteiger partial charge on any atom is 0.327 e. The summed E-state index contributed by atoms with van der Waals surface area (Å²) in [5.41, 5.74) is 0. The molecule has 80 valence electrons. The van der Waals surface area contributed by atoms with Crippen LogP contribution in [0.25, 0.3) is 0 Å². The first-order valence-corrected chi connectivity index (χ1v) is 5.58. The smallest absolute Gasteiger partial charge is 0.327 e. The molecule has 0 saturated heterocycles. The van der Waals surface area contributed by atoms with Crippen LogP contribution in [-0.2, 0) is 9.53 Å². The Morgan fingerprint density at radius 2 is 2.07 bits per heavy atom. The molecule has 0 aromatic rings. The van der Waals surface area contributed by atoms with Crippen molar-refractivity contribution in [3.05, 3.63) is 12.2 Å². The molecule has 0 aromatic carbocycles. The molecule has 1 fully saturated rings. The van der Waals surface area contributed by atoms with Crippen molar-refractivity contribution in [2.75, 3.05) is 7.11 Å². The molecule has 1 atom stereocenters. The maximum absolute atomic E-state index is 11.0. The van der Waals surface area contributed by atoms with Gasteiger partial charge in [0.1, 0.15) is 5.38 Å². The van der Waals surface area contributed by atoms with Crippen molar-refractivity contribution < 1.29 is 9.53 Å². The number of carbonyl (C=O) groups is 1. The fourth-order valence-electron chi connectivity index (χ4n) is 1.77. The summed E-state index contributed by atoms with van der Waals surface area (Å²) in [5.74, 6) is 0.230. The lowest BCUT2D eigenvalue weighted by molar-refractivity contribution is -0.139. The third-order valence-corrected chi connectivity index (χ3v) is 2.95. The standard InChI is InChI=1S/C11H17ClO2/c1-14-11(13)10(12)8-7-9-5-3-2-4-6-9/h7-10H,2-6H2,1H3/b8-7+. The van der Waals surface area contributed by atoms with Crippen LogP contribution in [0.1, 0.15) is 32.1 Å². The number of allylic oxidation sites excluding steroid dienone is 1. The van der Waals surface area contributed by atoms with Gasteiger partial charge in [-0.1, -0.05) is 31.4 Å². The molecule has 0 radical (unpaired) electrons. The minimum atomic E-state index is -0.623. The summed E-state index contributed by atoms with van der Waals surface area (Å²) in [6.45, 7) is 0. The van der Waals surface area contributed by atoms with Gasteiger partial charge in [-0.3, -0.25) is 4.79 Å². The van der Waals surface area contributed by atoms with E-state index in [9.17, 15) is 4.79 Å². The minimum Gasteiger partial charge on any atom is -0.468 e. The molecule has 1 saturated carbocycles. The quantitative estimate of drug-likeness (QED) is 0.412. The molecule has 14 heavy (non-hydrogen) atoms. The molecule has 2 nitrogen and oxygen atoms in total. The van der Waals surface area contributed by atoms with Crippen molar-refractivity contribution in [3.8, 4) is 0 Å². The molecular formula is C11H17ClO2. The fourth-order valence-corrected chi connectivity index (χ4v) is 1.95.